The summed E-state index contributed by atoms with van der Waals surface area (Å²) in [5.41, 5.74) is 1.20. The Labute approximate surface area is 91.4 Å². The molecule has 0 amide bonds. The van der Waals surface area contributed by atoms with Crippen molar-refractivity contribution in [2.45, 2.75) is 43.9 Å². The first-order valence-electron chi connectivity index (χ1n) is 5.42. The summed E-state index contributed by atoms with van der Waals surface area (Å²) >= 11 is 4.24. The summed E-state index contributed by atoms with van der Waals surface area (Å²) in [6.07, 6.45) is 4.35. The van der Waals surface area contributed by atoms with Crippen LogP contribution in [0.15, 0.2) is 12.2 Å². The molecule has 2 saturated heterocycles. The highest BCUT2D eigenvalue weighted by molar-refractivity contribution is 7.80. The van der Waals surface area contributed by atoms with E-state index in [0.29, 0.717) is 12.1 Å². The second kappa shape index (κ2) is 4.25. The number of piperidine rings is 1. The van der Waals surface area contributed by atoms with Crippen molar-refractivity contribution in [1.29, 1.82) is 0 Å². The highest BCUT2D eigenvalue weighted by Gasteiger charge is 2.39. The molecule has 2 unspecified atom stereocenters. The van der Waals surface area contributed by atoms with Gasteiger partial charge < -0.3 is 5.11 Å². The number of fused-ring (bicyclic) bond motifs is 2. The normalized spacial score (nSPS) is 37.4. The van der Waals surface area contributed by atoms with Gasteiger partial charge in [-0.2, -0.15) is 12.6 Å². The molecule has 0 aromatic carbocycles. The molecule has 14 heavy (non-hydrogen) atoms. The van der Waals surface area contributed by atoms with Gasteiger partial charge in [0.1, 0.15) is 0 Å². The van der Waals surface area contributed by atoms with Crippen molar-refractivity contribution in [3.05, 3.63) is 12.2 Å². The van der Waals surface area contributed by atoms with Gasteiger partial charge in [-0.05, 0) is 25.7 Å². The fourth-order valence-corrected chi connectivity index (χ4v) is 2.91. The van der Waals surface area contributed by atoms with E-state index in [1.807, 2.05) is 0 Å². The zero-order valence-electron chi connectivity index (χ0n) is 8.52. The molecule has 0 aliphatic carbocycles. The quantitative estimate of drug-likeness (QED) is 0.548. The Bertz CT molecular complexity index is 217. The van der Waals surface area contributed by atoms with Gasteiger partial charge in [0, 0.05) is 24.4 Å². The minimum atomic E-state index is -0.0620. The summed E-state index contributed by atoms with van der Waals surface area (Å²) in [6, 6.07) is 1.20. The van der Waals surface area contributed by atoms with E-state index in [2.05, 4.69) is 24.1 Å². The van der Waals surface area contributed by atoms with E-state index in [1.165, 1.54) is 18.4 Å². The van der Waals surface area contributed by atoms with Crippen molar-refractivity contribution in [1.82, 2.24) is 4.90 Å². The first-order valence-corrected chi connectivity index (χ1v) is 6.05. The van der Waals surface area contributed by atoms with Crippen LogP contribution in [0.4, 0.5) is 0 Å². The number of thiol groups is 1. The van der Waals surface area contributed by atoms with Crippen LogP contribution in [0.3, 0.4) is 0 Å². The maximum Gasteiger partial charge on any atom is 0.0570 e. The molecule has 80 valence electrons. The molecule has 0 saturated carbocycles. The zero-order chi connectivity index (χ0) is 10.1. The topological polar surface area (TPSA) is 23.5 Å². The molecule has 2 heterocycles. The monoisotopic (exact) mass is 213 g/mol. The van der Waals surface area contributed by atoms with Crippen LogP contribution in [0, 0.1) is 0 Å². The number of hydrogen-bond acceptors (Lipinski definition) is 3. The molecule has 2 aliphatic heterocycles. The van der Waals surface area contributed by atoms with E-state index in [-0.39, 0.29) is 6.10 Å². The number of nitrogens with zero attached hydrogens (tertiary/aromatic N) is 1. The van der Waals surface area contributed by atoms with Crippen LogP contribution in [0.25, 0.3) is 0 Å². The predicted molar refractivity (Wildman–Crippen MR) is 61.7 cm³/mol. The maximum atomic E-state index is 9.63. The standard InChI is InChI=1S/C11H19NOS/c1-8(7-14)6-12-9-2-3-10(12)5-11(13)4-9/h9-11,13-14H,1-7H2. The van der Waals surface area contributed by atoms with E-state index >= 15 is 0 Å². The Morgan fingerprint density at radius 3 is 2.43 bits per heavy atom. The SMILES string of the molecule is C=C(CS)CN1C2CCC1CC(O)C2. The Hall–Kier alpha value is 0.01000. The van der Waals surface area contributed by atoms with Gasteiger partial charge in [0.2, 0.25) is 0 Å². The Morgan fingerprint density at radius 1 is 1.36 bits per heavy atom. The van der Waals surface area contributed by atoms with Crippen molar-refractivity contribution in [3.63, 3.8) is 0 Å². The van der Waals surface area contributed by atoms with Crippen molar-refractivity contribution in [3.8, 4) is 0 Å². The second-order valence-electron chi connectivity index (χ2n) is 4.59. The van der Waals surface area contributed by atoms with E-state index in [4.69, 9.17) is 0 Å². The van der Waals surface area contributed by atoms with Crippen LogP contribution in [-0.4, -0.2) is 40.5 Å². The zero-order valence-corrected chi connectivity index (χ0v) is 9.42. The van der Waals surface area contributed by atoms with Gasteiger partial charge in [0.15, 0.2) is 0 Å². The van der Waals surface area contributed by atoms with Crippen molar-refractivity contribution in [2.75, 3.05) is 12.3 Å². The van der Waals surface area contributed by atoms with Crippen LogP contribution < -0.4 is 0 Å². The maximum absolute atomic E-state index is 9.63. The molecular formula is C11H19NOS. The third kappa shape index (κ3) is 2.00. The lowest BCUT2D eigenvalue weighted by Gasteiger charge is -2.37. The number of hydrogen-bond donors (Lipinski definition) is 2. The highest BCUT2D eigenvalue weighted by Crippen LogP contribution is 2.35. The summed E-state index contributed by atoms with van der Waals surface area (Å²) in [5.74, 6) is 0.776. The van der Waals surface area contributed by atoms with E-state index < -0.39 is 0 Å². The second-order valence-corrected chi connectivity index (χ2v) is 4.91. The largest absolute Gasteiger partial charge is 0.393 e. The Kier molecular flexibility index (Phi) is 3.20. The molecule has 0 aromatic heterocycles. The molecule has 1 N–H and O–H groups in total. The molecule has 3 heteroatoms. The van der Waals surface area contributed by atoms with Gasteiger partial charge in [0.25, 0.3) is 0 Å². The van der Waals surface area contributed by atoms with Crippen LogP contribution in [-0.2, 0) is 0 Å². The smallest absolute Gasteiger partial charge is 0.0570 e. The molecule has 0 spiro atoms. The number of aliphatic hydroxyl groups excluding tert-OH is 1. The lowest BCUT2D eigenvalue weighted by molar-refractivity contribution is 0.0409. The molecule has 2 rings (SSSR count). The fourth-order valence-electron chi connectivity index (χ4n) is 2.81. The van der Waals surface area contributed by atoms with Crippen molar-refractivity contribution < 1.29 is 5.11 Å². The average molecular weight is 213 g/mol. The average Bonchev–Trinajstić information content (AvgIpc) is 2.41. The molecular weight excluding hydrogens is 194 g/mol. The summed E-state index contributed by atoms with van der Waals surface area (Å²) in [7, 11) is 0. The Morgan fingerprint density at radius 2 is 1.93 bits per heavy atom. The molecule has 2 nitrogen and oxygen atoms in total. The fraction of sp³-hybridized carbons (Fsp3) is 0.818. The van der Waals surface area contributed by atoms with Crippen molar-refractivity contribution in [2.24, 2.45) is 0 Å². The number of aliphatic hydroxyl groups is 1. The minimum absolute atomic E-state index is 0.0620. The van der Waals surface area contributed by atoms with E-state index in [0.717, 1.165) is 25.1 Å². The highest BCUT2D eigenvalue weighted by atomic mass is 32.1. The molecule has 0 aromatic rings. The first kappa shape index (κ1) is 10.5. The predicted octanol–water partition coefficient (Wildman–Crippen LogP) is 1.46. The lowest BCUT2D eigenvalue weighted by atomic mass is 9.99. The van der Waals surface area contributed by atoms with Gasteiger partial charge in [0.05, 0.1) is 6.10 Å². The van der Waals surface area contributed by atoms with Crippen molar-refractivity contribution >= 4 is 12.6 Å². The molecule has 2 atom stereocenters. The van der Waals surface area contributed by atoms with Gasteiger partial charge >= 0.3 is 0 Å². The van der Waals surface area contributed by atoms with Crippen LogP contribution in [0.2, 0.25) is 0 Å². The van der Waals surface area contributed by atoms with Gasteiger partial charge in [-0.1, -0.05) is 12.2 Å². The molecule has 2 aliphatic rings. The lowest BCUT2D eigenvalue weighted by Crippen LogP contribution is -2.45. The van der Waals surface area contributed by atoms with E-state index in [1.54, 1.807) is 0 Å². The van der Waals surface area contributed by atoms with E-state index in [9.17, 15) is 5.11 Å². The van der Waals surface area contributed by atoms with Gasteiger partial charge in [-0.3, -0.25) is 4.90 Å². The summed E-state index contributed by atoms with van der Waals surface area (Å²) in [6.45, 7) is 4.98. The third-order valence-electron chi connectivity index (χ3n) is 3.49. The van der Waals surface area contributed by atoms with Gasteiger partial charge in [-0.15, -0.1) is 0 Å². The summed E-state index contributed by atoms with van der Waals surface area (Å²) in [4.78, 5) is 2.52. The summed E-state index contributed by atoms with van der Waals surface area (Å²) in [5, 5.41) is 9.63. The number of rotatable bonds is 3. The minimum Gasteiger partial charge on any atom is -0.393 e. The van der Waals surface area contributed by atoms with Crippen LogP contribution in [0.5, 0.6) is 0 Å². The van der Waals surface area contributed by atoms with Crippen LogP contribution in [0.1, 0.15) is 25.7 Å². The Balaban J connectivity index is 1.97. The van der Waals surface area contributed by atoms with Crippen LogP contribution >= 0.6 is 12.6 Å². The molecule has 2 bridgehead atoms. The third-order valence-corrected chi connectivity index (χ3v) is 3.94. The summed E-state index contributed by atoms with van der Waals surface area (Å²) < 4.78 is 0. The first-order chi connectivity index (χ1) is 6.70. The molecule has 0 radical (unpaired) electrons. The molecule has 2 fully saturated rings. The van der Waals surface area contributed by atoms with Gasteiger partial charge in [-0.25, -0.2) is 0 Å².